The lowest BCUT2D eigenvalue weighted by molar-refractivity contribution is 0.569. The van der Waals surface area contributed by atoms with Crippen LogP contribution in [0.15, 0.2) is 12.1 Å². The van der Waals surface area contributed by atoms with Gasteiger partial charge in [-0.15, -0.1) is 0 Å². The zero-order valence-electron chi connectivity index (χ0n) is 8.93. The van der Waals surface area contributed by atoms with Crippen molar-refractivity contribution in [3.05, 3.63) is 34.6 Å². The Labute approximate surface area is 88.6 Å². The molecule has 0 amide bonds. The molecule has 0 radical (unpaired) electrons. The van der Waals surface area contributed by atoms with E-state index in [1.165, 1.54) is 12.1 Å². The van der Waals surface area contributed by atoms with Crippen LogP contribution in [0.4, 0.5) is 4.39 Å². The zero-order valence-corrected chi connectivity index (χ0v) is 8.93. The van der Waals surface area contributed by atoms with Gasteiger partial charge in [-0.25, -0.2) is 4.39 Å². The minimum Gasteiger partial charge on any atom is -0.206 e. The number of benzene rings is 1. The normalized spacial score (nSPS) is 10.5. The SMILES string of the molecule is CC(C)(C)c1cc(F)c(C#N)cc1C#N. The smallest absolute Gasteiger partial charge is 0.141 e. The van der Waals surface area contributed by atoms with Gasteiger partial charge in [0, 0.05) is 0 Å². The number of nitrogens with zero attached hydrogens (tertiary/aromatic N) is 2. The summed E-state index contributed by atoms with van der Waals surface area (Å²) in [5, 5.41) is 17.5. The van der Waals surface area contributed by atoms with Crippen molar-refractivity contribution in [2.24, 2.45) is 0 Å². The first-order valence-electron chi connectivity index (χ1n) is 4.54. The highest BCUT2D eigenvalue weighted by atomic mass is 19.1. The van der Waals surface area contributed by atoms with Crippen molar-refractivity contribution in [2.75, 3.05) is 0 Å². The van der Waals surface area contributed by atoms with E-state index in [0.717, 1.165) is 0 Å². The van der Waals surface area contributed by atoms with Crippen LogP contribution in [0.5, 0.6) is 0 Å². The molecule has 0 saturated heterocycles. The van der Waals surface area contributed by atoms with Crippen LogP contribution in [0, 0.1) is 28.5 Å². The summed E-state index contributed by atoms with van der Waals surface area (Å²) >= 11 is 0. The van der Waals surface area contributed by atoms with Crippen LogP contribution < -0.4 is 0 Å². The molecular weight excluding hydrogens is 191 g/mol. The summed E-state index contributed by atoms with van der Waals surface area (Å²) in [6.45, 7) is 5.69. The van der Waals surface area contributed by atoms with Crippen molar-refractivity contribution in [3.63, 3.8) is 0 Å². The van der Waals surface area contributed by atoms with Gasteiger partial charge >= 0.3 is 0 Å². The Morgan fingerprint density at radius 1 is 1.07 bits per heavy atom. The maximum Gasteiger partial charge on any atom is 0.141 e. The first-order chi connectivity index (χ1) is 6.90. The molecule has 0 aliphatic rings. The average molecular weight is 202 g/mol. The van der Waals surface area contributed by atoms with Gasteiger partial charge in [-0.2, -0.15) is 10.5 Å². The molecule has 1 aromatic carbocycles. The van der Waals surface area contributed by atoms with E-state index >= 15 is 0 Å². The molecular formula is C12H11FN2. The van der Waals surface area contributed by atoms with Gasteiger partial charge in [0.2, 0.25) is 0 Å². The standard InChI is InChI=1S/C12H11FN2/c1-12(2,3)10-5-11(13)9(7-15)4-8(10)6-14/h4-5H,1-3H3. The van der Waals surface area contributed by atoms with E-state index in [9.17, 15) is 4.39 Å². The molecule has 0 fully saturated rings. The highest BCUT2D eigenvalue weighted by molar-refractivity contribution is 5.48. The van der Waals surface area contributed by atoms with Crippen LogP contribution >= 0.6 is 0 Å². The molecule has 0 aliphatic carbocycles. The Hall–Kier alpha value is -1.87. The maximum atomic E-state index is 13.4. The van der Waals surface area contributed by atoms with E-state index in [1.54, 1.807) is 6.07 Å². The van der Waals surface area contributed by atoms with Crippen LogP contribution in [-0.2, 0) is 5.41 Å². The summed E-state index contributed by atoms with van der Waals surface area (Å²) in [5.74, 6) is -0.568. The lowest BCUT2D eigenvalue weighted by Crippen LogP contribution is -2.14. The molecule has 0 N–H and O–H groups in total. The Balaban J connectivity index is 3.52. The summed E-state index contributed by atoms with van der Waals surface area (Å²) in [4.78, 5) is 0. The van der Waals surface area contributed by atoms with Gasteiger partial charge in [-0.05, 0) is 23.1 Å². The number of nitriles is 2. The Morgan fingerprint density at radius 2 is 1.60 bits per heavy atom. The molecule has 0 aliphatic heterocycles. The molecule has 15 heavy (non-hydrogen) atoms. The van der Waals surface area contributed by atoms with Gasteiger partial charge in [-0.1, -0.05) is 20.8 Å². The van der Waals surface area contributed by atoms with Gasteiger partial charge in [-0.3, -0.25) is 0 Å². The monoisotopic (exact) mass is 202 g/mol. The number of hydrogen-bond donors (Lipinski definition) is 0. The minimum atomic E-state index is -0.568. The van der Waals surface area contributed by atoms with E-state index in [0.29, 0.717) is 11.1 Å². The number of rotatable bonds is 0. The third-order valence-corrected chi connectivity index (χ3v) is 2.16. The predicted octanol–water partition coefficient (Wildman–Crippen LogP) is 2.87. The van der Waals surface area contributed by atoms with E-state index in [-0.39, 0.29) is 11.0 Å². The summed E-state index contributed by atoms with van der Waals surface area (Å²) in [6, 6.07) is 6.29. The van der Waals surface area contributed by atoms with E-state index < -0.39 is 5.82 Å². The molecule has 0 unspecified atom stereocenters. The van der Waals surface area contributed by atoms with Crippen LogP contribution in [0.1, 0.15) is 37.5 Å². The van der Waals surface area contributed by atoms with Crippen molar-refractivity contribution < 1.29 is 4.39 Å². The van der Waals surface area contributed by atoms with Crippen molar-refractivity contribution in [2.45, 2.75) is 26.2 Å². The van der Waals surface area contributed by atoms with Gasteiger partial charge in [0.1, 0.15) is 11.9 Å². The Morgan fingerprint density at radius 3 is 2.00 bits per heavy atom. The first-order valence-corrected chi connectivity index (χ1v) is 4.54. The van der Waals surface area contributed by atoms with E-state index in [4.69, 9.17) is 10.5 Å². The molecule has 1 aromatic rings. The van der Waals surface area contributed by atoms with Crippen LogP contribution in [0.3, 0.4) is 0 Å². The molecule has 0 spiro atoms. The van der Waals surface area contributed by atoms with E-state index in [1.807, 2.05) is 26.8 Å². The van der Waals surface area contributed by atoms with Gasteiger partial charge in [0.05, 0.1) is 17.2 Å². The first kappa shape index (κ1) is 11.2. The fourth-order valence-corrected chi connectivity index (χ4v) is 1.37. The van der Waals surface area contributed by atoms with E-state index in [2.05, 4.69) is 0 Å². The molecule has 2 nitrogen and oxygen atoms in total. The second-order valence-electron chi connectivity index (χ2n) is 4.35. The van der Waals surface area contributed by atoms with Crippen molar-refractivity contribution in [1.82, 2.24) is 0 Å². The second-order valence-corrected chi connectivity index (χ2v) is 4.35. The molecule has 0 bridgehead atoms. The molecule has 0 heterocycles. The summed E-state index contributed by atoms with van der Waals surface area (Å²) in [6.07, 6.45) is 0. The topological polar surface area (TPSA) is 47.6 Å². The fourth-order valence-electron chi connectivity index (χ4n) is 1.37. The lowest BCUT2D eigenvalue weighted by Gasteiger charge is -2.20. The molecule has 3 heteroatoms. The van der Waals surface area contributed by atoms with Crippen LogP contribution in [0.2, 0.25) is 0 Å². The van der Waals surface area contributed by atoms with Crippen LogP contribution in [-0.4, -0.2) is 0 Å². The predicted molar refractivity (Wildman–Crippen MR) is 54.5 cm³/mol. The molecule has 0 saturated carbocycles. The summed E-state index contributed by atoms with van der Waals surface area (Å²) < 4.78 is 13.4. The van der Waals surface area contributed by atoms with Gasteiger partial charge in [0.15, 0.2) is 0 Å². The number of halogens is 1. The molecule has 76 valence electrons. The molecule has 0 atom stereocenters. The third kappa shape index (κ3) is 2.14. The largest absolute Gasteiger partial charge is 0.206 e. The summed E-state index contributed by atoms with van der Waals surface area (Å²) in [7, 11) is 0. The quantitative estimate of drug-likeness (QED) is 0.649. The molecule has 1 rings (SSSR count). The maximum absolute atomic E-state index is 13.4. The second kappa shape index (κ2) is 3.71. The van der Waals surface area contributed by atoms with Crippen molar-refractivity contribution >= 4 is 0 Å². The van der Waals surface area contributed by atoms with Gasteiger partial charge in [0.25, 0.3) is 0 Å². The average Bonchev–Trinajstić information content (AvgIpc) is 2.16. The fraction of sp³-hybridized carbons (Fsp3) is 0.333. The summed E-state index contributed by atoms with van der Waals surface area (Å²) in [5.41, 5.74) is 0.599. The lowest BCUT2D eigenvalue weighted by atomic mass is 9.83. The zero-order chi connectivity index (χ0) is 11.6. The van der Waals surface area contributed by atoms with Crippen molar-refractivity contribution in [3.8, 4) is 12.1 Å². The highest BCUT2D eigenvalue weighted by Crippen LogP contribution is 2.27. The molecule has 0 aromatic heterocycles. The minimum absolute atomic E-state index is 0.0837. The van der Waals surface area contributed by atoms with Crippen LogP contribution in [0.25, 0.3) is 0 Å². The number of hydrogen-bond acceptors (Lipinski definition) is 2. The Bertz CT molecular complexity index is 470. The van der Waals surface area contributed by atoms with Crippen molar-refractivity contribution in [1.29, 1.82) is 10.5 Å². The highest BCUT2D eigenvalue weighted by Gasteiger charge is 2.20. The third-order valence-electron chi connectivity index (χ3n) is 2.16. The van der Waals surface area contributed by atoms with Gasteiger partial charge < -0.3 is 0 Å². The Kier molecular flexibility index (Phi) is 2.77.